The Morgan fingerprint density at radius 3 is 2.25 bits per heavy atom. The van der Waals surface area contributed by atoms with Crippen molar-refractivity contribution < 1.29 is 43.3 Å². The zero-order valence-corrected chi connectivity index (χ0v) is 28.5. The fraction of sp³-hybridized carbons (Fsp3) is 0.471. The minimum atomic E-state index is -1.62. The van der Waals surface area contributed by atoms with E-state index in [0.29, 0.717) is 24.2 Å². The van der Waals surface area contributed by atoms with Gasteiger partial charge in [-0.25, -0.2) is 14.5 Å². The number of aliphatic hydroxyl groups excluding tert-OH is 1. The number of nitrogens with one attached hydrogen (secondary N) is 1. The summed E-state index contributed by atoms with van der Waals surface area (Å²) in [7, 11) is 1.70. The Morgan fingerprint density at radius 1 is 1.06 bits per heavy atom. The average molecular weight is 666 g/mol. The normalized spacial score (nSPS) is 13.9. The van der Waals surface area contributed by atoms with Crippen molar-refractivity contribution in [2.45, 2.75) is 85.0 Å². The van der Waals surface area contributed by atoms with E-state index < -0.39 is 48.0 Å². The molecule has 14 heteroatoms. The van der Waals surface area contributed by atoms with Gasteiger partial charge in [-0.1, -0.05) is 0 Å². The van der Waals surface area contributed by atoms with Gasteiger partial charge in [-0.2, -0.15) is 5.26 Å². The minimum Gasteiger partial charge on any atom is -0.443 e. The number of nitriles is 1. The molecular weight excluding hydrogens is 622 g/mol. The number of ether oxygens (including phenoxy) is 3. The Morgan fingerprint density at radius 2 is 1.69 bits per heavy atom. The summed E-state index contributed by atoms with van der Waals surface area (Å²) < 4.78 is 16.4. The molecule has 0 saturated heterocycles. The summed E-state index contributed by atoms with van der Waals surface area (Å²) in [6.45, 7) is 11.5. The van der Waals surface area contributed by atoms with Gasteiger partial charge in [-0.3, -0.25) is 14.4 Å². The first-order valence-electron chi connectivity index (χ1n) is 15.3. The number of anilines is 2. The highest BCUT2D eigenvalue weighted by Crippen LogP contribution is 2.26. The molecule has 0 fully saturated rings. The van der Waals surface area contributed by atoms with Crippen molar-refractivity contribution in [3.8, 4) is 6.07 Å². The number of imide groups is 1. The molecule has 0 radical (unpaired) electrons. The maximum Gasteiger partial charge on any atom is 0.420 e. The number of nitrogens with zero attached hydrogens (tertiary/aromatic N) is 4. The first-order chi connectivity index (χ1) is 22.3. The highest BCUT2D eigenvalue weighted by molar-refractivity contribution is 5.99. The van der Waals surface area contributed by atoms with Crippen LogP contribution < -0.4 is 10.2 Å². The Balaban J connectivity index is 1.66. The van der Waals surface area contributed by atoms with Gasteiger partial charge in [0.25, 0.3) is 11.8 Å². The van der Waals surface area contributed by atoms with Crippen molar-refractivity contribution in [3.63, 3.8) is 0 Å². The topological polar surface area (TPSA) is 179 Å². The number of hydrogen-bond acceptors (Lipinski definition) is 10. The molecule has 14 nitrogen and oxygen atoms in total. The predicted octanol–water partition coefficient (Wildman–Crippen LogP) is 4.18. The van der Waals surface area contributed by atoms with E-state index in [0.717, 1.165) is 10.5 Å². The maximum absolute atomic E-state index is 13.0. The lowest BCUT2D eigenvalue weighted by atomic mass is 10.1. The van der Waals surface area contributed by atoms with Gasteiger partial charge in [0, 0.05) is 37.1 Å². The standard InChI is InChI=1S/C34H43N5O9/c1-21(46-14-13-38(20-40)26-11-12-27-24(16-26)18-37(8)30(27)43)28(41)29(42)36-25-10-9-22(17-35)23(15-25)19-39(31(44)47-33(2,3)4)32(45)48-34(5,6)7/h9-12,15-16,20-21,28,41H,13-14,18-19H2,1-8H3,(H,36,42). The maximum atomic E-state index is 13.0. The Hall–Kier alpha value is -5.00. The third kappa shape index (κ3) is 10.00. The van der Waals surface area contributed by atoms with Crippen molar-refractivity contribution in [1.29, 1.82) is 5.26 Å². The molecule has 2 aromatic rings. The molecule has 1 heterocycles. The van der Waals surface area contributed by atoms with Crippen molar-refractivity contribution in [2.75, 3.05) is 30.4 Å². The van der Waals surface area contributed by atoms with E-state index in [2.05, 4.69) is 5.32 Å². The van der Waals surface area contributed by atoms with Crippen LogP contribution in [0.3, 0.4) is 0 Å². The largest absolute Gasteiger partial charge is 0.443 e. The number of fused-ring (bicyclic) bond motifs is 1. The molecule has 2 N–H and O–H groups in total. The van der Waals surface area contributed by atoms with E-state index >= 15 is 0 Å². The van der Waals surface area contributed by atoms with Crippen LogP contribution in [-0.2, 0) is 36.9 Å². The lowest BCUT2D eigenvalue weighted by Crippen LogP contribution is -2.43. The predicted molar refractivity (Wildman–Crippen MR) is 175 cm³/mol. The molecule has 0 saturated carbocycles. The molecule has 0 aliphatic carbocycles. The Bertz CT molecular complexity index is 1560. The number of aliphatic hydroxyl groups is 1. The van der Waals surface area contributed by atoms with Crippen LogP contribution in [0.5, 0.6) is 0 Å². The SMILES string of the molecule is CC(OCCN(C=O)c1ccc2c(c1)CN(C)C2=O)C(O)C(=O)Nc1ccc(C#N)c(CN(C(=O)OC(C)(C)C)C(=O)OC(C)(C)C)c1. The number of rotatable bonds is 11. The van der Waals surface area contributed by atoms with Gasteiger partial charge in [0.05, 0.1) is 30.9 Å². The summed E-state index contributed by atoms with van der Waals surface area (Å²) in [5.74, 6) is -0.895. The van der Waals surface area contributed by atoms with Crippen LogP contribution >= 0.6 is 0 Å². The molecular formula is C34H43N5O9. The fourth-order valence-electron chi connectivity index (χ4n) is 4.65. The Kier molecular flexibility index (Phi) is 11.9. The van der Waals surface area contributed by atoms with Crippen LogP contribution in [0.1, 0.15) is 75.5 Å². The van der Waals surface area contributed by atoms with Crippen LogP contribution in [0, 0.1) is 11.3 Å². The molecule has 2 atom stereocenters. The third-order valence-electron chi connectivity index (χ3n) is 7.01. The van der Waals surface area contributed by atoms with Gasteiger partial charge in [-0.05, 0) is 96.0 Å². The minimum absolute atomic E-state index is 0.00759. The van der Waals surface area contributed by atoms with Crippen molar-refractivity contribution in [2.24, 2.45) is 0 Å². The van der Waals surface area contributed by atoms with E-state index in [1.54, 1.807) is 71.7 Å². The van der Waals surface area contributed by atoms with Gasteiger partial charge < -0.3 is 34.4 Å². The van der Waals surface area contributed by atoms with Crippen molar-refractivity contribution >= 4 is 41.8 Å². The molecule has 258 valence electrons. The lowest BCUT2D eigenvalue weighted by molar-refractivity contribution is -0.131. The summed E-state index contributed by atoms with van der Waals surface area (Å²) in [5, 5.41) is 22.9. The first-order valence-corrected chi connectivity index (χ1v) is 15.3. The highest BCUT2D eigenvalue weighted by Gasteiger charge is 2.32. The summed E-state index contributed by atoms with van der Waals surface area (Å²) in [5.41, 5.74) is 0.645. The second-order valence-corrected chi connectivity index (χ2v) is 13.3. The molecule has 1 aliphatic rings. The zero-order valence-electron chi connectivity index (χ0n) is 28.5. The quantitative estimate of drug-likeness (QED) is 0.331. The molecule has 0 aromatic heterocycles. The van der Waals surface area contributed by atoms with Crippen LogP contribution in [0.2, 0.25) is 0 Å². The van der Waals surface area contributed by atoms with Crippen LogP contribution in [0.15, 0.2) is 36.4 Å². The van der Waals surface area contributed by atoms with Gasteiger partial charge >= 0.3 is 12.2 Å². The van der Waals surface area contributed by atoms with Crippen molar-refractivity contribution in [3.05, 3.63) is 58.7 Å². The van der Waals surface area contributed by atoms with E-state index in [1.807, 2.05) is 6.07 Å². The molecule has 5 amide bonds. The number of amides is 5. The average Bonchev–Trinajstić information content (AvgIpc) is 3.27. The molecule has 0 spiro atoms. The summed E-state index contributed by atoms with van der Waals surface area (Å²) in [6.07, 6.45) is -3.92. The van der Waals surface area contributed by atoms with Crippen LogP contribution in [0.25, 0.3) is 0 Å². The van der Waals surface area contributed by atoms with Gasteiger partial charge in [0.15, 0.2) is 6.10 Å². The van der Waals surface area contributed by atoms with Crippen LogP contribution in [-0.4, -0.2) is 88.9 Å². The molecule has 3 rings (SSSR count). The molecule has 2 aromatic carbocycles. The number of benzene rings is 2. The lowest BCUT2D eigenvalue weighted by Gasteiger charge is -2.29. The monoisotopic (exact) mass is 665 g/mol. The molecule has 48 heavy (non-hydrogen) atoms. The van der Waals surface area contributed by atoms with E-state index in [4.69, 9.17) is 14.2 Å². The van der Waals surface area contributed by atoms with Gasteiger partial charge in [0.1, 0.15) is 11.2 Å². The second kappa shape index (κ2) is 15.3. The second-order valence-electron chi connectivity index (χ2n) is 13.3. The van der Waals surface area contributed by atoms with E-state index in [1.165, 1.54) is 30.0 Å². The molecule has 0 bridgehead atoms. The summed E-state index contributed by atoms with van der Waals surface area (Å²) in [4.78, 5) is 66.6. The number of carbonyl (C=O) groups is 5. The van der Waals surface area contributed by atoms with E-state index in [-0.39, 0.29) is 35.9 Å². The van der Waals surface area contributed by atoms with E-state index in [9.17, 15) is 34.3 Å². The van der Waals surface area contributed by atoms with Gasteiger partial charge in [-0.15, -0.1) is 0 Å². The number of hydrogen-bond donors (Lipinski definition) is 2. The van der Waals surface area contributed by atoms with Gasteiger partial charge in [0.2, 0.25) is 6.41 Å². The number of carbonyl (C=O) groups excluding carboxylic acids is 5. The van der Waals surface area contributed by atoms with Crippen molar-refractivity contribution in [1.82, 2.24) is 9.80 Å². The summed E-state index contributed by atoms with van der Waals surface area (Å²) in [6, 6.07) is 11.4. The van der Waals surface area contributed by atoms with Crippen LogP contribution in [0.4, 0.5) is 21.0 Å². The zero-order chi connectivity index (χ0) is 36.0. The fourth-order valence-corrected chi connectivity index (χ4v) is 4.65. The molecule has 2 unspecified atom stereocenters. The highest BCUT2D eigenvalue weighted by atomic mass is 16.6. The smallest absolute Gasteiger partial charge is 0.420 e. The summed E-state index contributed by atoms with van der Waals surface area (Å²) >= 11 is 0. The Labute approximate surface area is 280 Å². The first kappa shape index (κ1) is 37.5. The third-order valence-corrected chi connectivity index (χ3v) is 7.01. The molecule has 1 aliphatic heterocycles.